The molecule has 132 valence electrons. The summed E-state index contributed by atoms with van der Waals surface area (Å²) in [7, 11) is 0. The number of hydrogen-bond acceptors (Lipinski definition) is 9. The molecule has 11 heteroatoms. The van der Waals surface area contributed by atoms with Gasteiger partial charge in [-0.2, -0.15) is 5.11 Å². The van der Waals surface area contributed by atoms with E-state index in [0.717, 1.165) is 0 Å². The number of aliphatic hydroxyl groups is 4. The Morgan fingerprint density at radius 1 is 1.12 bits per heavy atom. The normalized spacial score (nSPS) is 30.4. The number of benzene rings is 1. The van der Waals surface area contributed by atoms with Gasteiger partial charge in [0.2, 0.25) is 0 Å². The van der Waals surface area contributed by atoms with E-state index < -0.39 is 42.1 Å². The van der Waals surface area contributed by atoms with Crippen molar-refractivity contribution in [3.8, 4) is 0 Å². The summed E-state index contributed by atoms with van der Waals surface area (Å²) in [4.78, 5) is 10.0. The summed E-state index contributed by atoms with van der Waals surface area (Å²) in [5, 5.41) is 56.1. The van der Waals surface area contributed by atoms with Crippen molar-refractivity contribution in [1.82, 2.24) is 0 Å². The van der Waals surface area contributed by atoms with Crippen molar-refractivity contribution in [3.05, 3.63) is 34.4 Å². The molecule has 0 aliphatic carbocycles. The van der Waals surface area contributed by atoms with Gasteiger partial charge in [0, 0.05) is 12.1 Å². The van der Waals surface area contributed by atoms with Gasteiger partial charge >= 0.3 is 0 Å². The van der Waals surface area contributed by atoms with E-state index in [1.54, 1.807) is 0 Å². The second-order valence-corrected chi connectivity index (χ2v) is 5.21. The Bertz CT molecular complexity index is 580. The molecular formula is C13H18N4O7. The van der Waals surface area contributed by atoms with E-state index >= 15 is 0 Å². The van der Waals surface area contributed by atoms with Crippen LogP contribution in [0.1, 0.15) is 0 Å². The summed E-state index contributed by atoms with van der Waals surface area (Å²) in [6, 6.07) is 5.50. The average Bonchev–Trinajstić information content (AvgIpc) is 2.58. The molecule has 24 heavy (non-hydrogen) atoms. The second-order valence-electron chi connectivity index (χ2n) is 5.21. The molecule has 0 radical (unpaired) electrons. The topological polar surface area (TPSA) is 170 Å². The zero-order chi connectivity index (χ0) is 17.7. The fourth-order valence-electron chi connectivity index (χ4n) is 2.20. The standard InChI is InChI=1S/C13H18N4O7/c18-6-10-12(20)13(21)11(19)9(24-10)5-14-16-15-7-1-3-8(4-2-7)17(22)23/h1-4,9-13,18-21H,5-6H2,(H,14,15). The molecule has 0 saturated carbocycles. The molecule has 1 heterocycles. The third-order valence-corrected chi connectivity index (χ3v) is 3.58. The van der Waals surface area contributed by atoms with Crippen LogP contribution in [-0.4, -0.2) is 69.0 Å². The minimum Gasteiger partial charge on any atom is -0.394 e. The van der Waals surface area contributed by atoms with Crippen molar-refractivity contribution >= 4 is 11.4 Å². The fourth-order valence-corrected chi connectivity index (χ4v) is 2.20. The van der Waals surface area contributed by atoms with E-state index in [9.17, 15) is 25.4 Å². The van der Waals surface area contributed by atoms with Crippen molar-refractivity contribution in [3.63, 3.8) is 0 Å². The molecule has 1 aromatic carbocycles. The fraction of sp³-hybridized carbons (Fsp3) is 0.538. The molecular weight excluding hydrogens is 324 g/mol. The molecule has 1 aliphatic heterocycles. The van der Waals surface area contributed by atoms with Crippen LogP contribution in [0.25, 0.3) is 0 Å². The maximum Gasteiger partial charge on any atom is 0.269 e. The molecule has 1 fully saturated rings. The van der Waals surface area contributed by atoms with Crippen LogP contribution in [0.4, 0.5) is 11.4 Å². The van der Waals surface area contributed by atoms with Gasteiger partial charge in [0.1, 0.15) is 30.5 Å². The van der Waals surface area contributed by atoms with Crippen LogP contribution in [0.2, 0.25) is 0 Å². The molecule has 2 rings (SSSR count). The van der Waals surface area contributed by atoms with Crippen LogP contribution in [0.3, 0.4) is 0 Å². The van der Waals surface area contributed by atoms with E-state index in [4.69, 9.17) is 9.84 Å². The number of rotatable bonds is 6. The summed E-state index contributed by atoms with van der Waals surface area (Å²) < 4.78 is 5.26. The first-order valence-corrected chi connectivity index (χ1v) is 7.11. The van der Waals surface area contributed by atoms with Crippen LogP contribution in [0, 0.1) is 10.1 Å². The summed E-state index contributed by atoms with van der Waals surface area (Å²) in [5.41, 5.74) is 2.96. The van der Waals surface area contributed by atoms with Gasteiger partial charge < -0.3 is 25.2 Å². The largest absolute Gasteiger partial charge is 0.394 e. The Morgan fingerprint density at radius 3 is 2.33 bits per heavy atom. The van der Waals surface area contributed by atoms with Gasteiger partial charge in [-0.25, -0.2) is 0 Å². The molecule has 1 aliphatic rings. The molecule has 0 aromatic heterocycles. The number of nitro benzene ring substituents is 1. The molecule has 0 bridgehead atoms. The van der Waals surface area contributed by atoms with Crippen molar-refractivity contribution in [2.75, 3.05) is 18.6 Å². The zero-order valence-electron chi connectivity index (χ0n) is 12.5. The maximum atomic E-state index is 10.5. The lowest BCUT2D eigenvalue weighted by Crippen LogP contribution is -2.59. The lowest BCUT2D eigenvalue weighted by atomic mass is 9.95. The van der Waals surface area contributed by atoms with Crippen molar-refractivity contribution in [2.45, 2.75) is 30.5 Å². The summed E-state index contributed by atoms with van der Waals surface area (Å²) in [5.74, 6) is 0. The third-order valence-electron chi connectivity index (χ3n) is 3.58. The number of aliphatic hydroxyl groups excluding tert-OH is 4. The lowest BCUT2D eigenvalue weighted by molar-refractivity contribution is -0.384. The van der Waals surface area contributed by atoms with Crippen LogP contribution in [0.15, 0.2) is 34.6 Å². The van der Waals surface area contributed by atoms with Gasteiger partial charge in [-0.1, -0.05) is 5.22 Å². The molecule has 1 saturated heterocycles. The van der Waals surface area contributed by atoms with E-state index in [2.05, 4.69) is 15.8 Å². The van der Waals surface area contributed by atoms with Crippen LogP contribution >= 0.6 is 0 Å². The summed E-state index contributed by atoms with van der Waals surface area (Å²) >= 11 is 0. The lowest BCUT2D eigenvalue weighted by Gasteiger charge is -2.39. The molecule has 5 atom stereocenters. The molecule has 1 aromatic rings. The van der Waals surface area contributed by atoms with E-state index in [0.29, 0.717) is 5.69 Å². The summed E-state index contributed by atoms with van der Waals surface area (Å²) in [6.45, 7) is -0.638. The van der Waals surface area contributed by atoms with Crippen molar-refractivity contribution in [1.29, 1.82) is 0 Å². The predicted molar refractivity (Wildman–Crippen MR) is 80.2 cm³/mol. The van der Waals surface area contributed by atoms with Gasteiger partial charge in [-0.05, 0) is 12.1 Å². The van der Waals surface area contributed by atoms with Crippen LogP contribution in [0.5, 0.6) is 0 Å². The van der Waals surface area contributed by atoms with Gasteiger partial charge in [0.15, 0.2) is 0 Å². The average molecular weight is 342 g/mol. The van der Waals surface area contributed by atoms with Gasteiger partial charge in [-0.3, -0.25) is 15.5 Å². The number of hydrogen-bond donors (Lipinski definition) is 5. The second kappa shape index (κ2) is 8.08. The van der Waals surface area contributed by atoms with Crippen LogP contribution in [-0.2, 0) is 4.74 Å². The number of nitrogens with zero attached hydrogens (tertiary/aromatic N) is 3. The Kier molecular flexibility index (Phi) is 6.11. The SMILES string of the molecule is O=[N+]([O-])c1ccc(NN=NCC2OC(CO)C(O)C(O)C2O)cc1. The molecule has 11 nitrogen and oxygen atoms in total. The number of nitrogens with one attached hydrogen (secondary N) is 1. The monoisotopic (exact) mass is 342 g/mol. The minimum atomic E-state index is -1.46. The minimum absolute atomic E-state index is 0.0567. The Balaban J connectivity index is 1.87. The number of non-ortho nitro benzene ring substituents is 1. The van der Waals surface area contributed by atoms with Crippen LogP contribution < -0.4 is 5.43 Å². The first-order chi connectivity index (χ1) is 11.4. The maximum absolute atomic E-state index is 10.5. The first kappa shape index (κ1) is 18.2. The van der Waals surface area contributed by atoms with Gasteiger partial charge in [0.25, 0.3) is 5.69 Å². The Hall–Kier alpha value is -2.18. The highest BCUT2D eigenvalue weighted by atomic mass is 16.6. The van der Waals surface area contributed by atoms with Gasteiger partial charge in [0.05, 0.1) is 23.8 Å². The molecule has 5 unspecified atom stereocenters. The van der Waals surface area contributed by atoms with Gasteiger partial charge in [-0.15, -0.1) is 0 Å². The van der Waals surface area contributed by atoms with E-state index in [-0.39, 0.29) is 12.2 Å². The van der Waals surface area contributed by atoms with Crippen molar-refractivity contribution in [2.24, 2.45) is 10.3 Å². The third kappa shape index (κ3) is 4.21. The van der Waals surface area contributed by atoms with Crippen molar-refractivity contribution < 1.29 is 30.1 Å². The number of nitro groups is 1. The smallest absolute Gasteiger partial charge is 0.269 e. The molecule has 0 spiro atoms. The zero-order valence-corrected chi connectivity index (χ0v) is 12.5. The number of ether oxygens (including phenoxy) is 1. The Labute approximate surface area is 136 Å². The van der Waals surface area contributed by atoms with E-state index in [1.165, 1.54) is 24.3 Å². The Morgan fingerprint density at radius 2 is 1.75 bits per heavy atom. The quantitative estimate of drug-likeness (QED) is 0.254. The predicted octanol–water partition coefficient (Wildman–Crippen LogP) is -0.784. The summed E-state index contributed by atoms with van der Waals surface area (Å²) in [6.07, 6.45) is -6.19. The van der Waals surface area contributed by atoms with E-state index in [1.807, 2.05) is 0 Å². The highest BCUT2D eigenvalue weighted by Crippen LogP contribution is 2.21. The highest BCUT2D eigenvalue weighted by molar-refractivity contribution is 5.47. The highest BCUT2D eigenvalue weighted by Gasteiger charge is 2.43. The number of anilines is 1. The molecule has 0 amide bonds. The first-order valence-electron chi connectivity index (χ1n) is 7.11. The molecule has 5 N–H and O–H groups in total.